The Kier molecular flexibility index (Phi) is 6.73. The van der Waals surface area contributed by atoms with Gasteiger partial charge in [0.05, 0.1) is 13.2 Å². The van der Waals surface area contributed by atoms with E-state index >= 15 is 0 Å². The van der Waals surface area contributed by atoms with Crippen molar-refractivity contribution in [3.63, 3.8) is 0 Å². The van der Waals surface area contributed by atoms with E-state index < -0.39 is 20.7 Å². The Morgan fingerprint density at radius 3 is 2.48 bits per heavy atom. The van der Waals surface area contributed by atoms with Gasteiger partial charge in [-0.3, -0.25) is 4.90 Å². The van der Waals surface area contributed by atoms with Crippen LogP contribution in [0.25, 0.3) is 0 Å². The largest absolute Gasteiger partial charge is 0.379 e. The number of halogens is 3. The fourth-order valence-corrected chi connectivity index (χ4v) is 4.47. The van der Waals surface area contributed by atoms with Gasteiger partial charge in [-0.25, -0.2) is 17.5 Å². The van der Waals surface area contributed by atoms with Crippen molar-refractivity contribution in [1.29, 1.82) is 0 Å². The van der Waals surface area contributed by atoms with Gasteiger partial charge in [0.2, 0.25) is 10.0 Å². The van der Waals surface area contributed by atoms with Crippen LogP contribution < -0.4 is 4.72 Å². The van der Waals surface area contributed by atoms with Crippen molar-refractivity contribution >= 4 is 33.2 Å². The molecule has 146 valence electrons. The third kappa shape index (κ3) is 5.19. The van der Waals surface area contributed by atoms with Crippen LogP contribution in [0.3, 0.4) is 0 Å². The molecule has 2 aromatic rings. The zero-order chi connectivity index (χ0) is 19.4. The van der Waals surface area contributed by atoms with Crippen LogP contribution in [-0.4, -0.2) is 46.2 Å². The van der Waals surface area contributed by atoms with Gasteiger partial charge in [-0.2, -0.15) is 0 Å². The first-order valence-corrected chi connectivity index (χ1v) is 10.6. The van der Waals surface area contributed by atoms with Gasteiger partial charge in [0, 0.05) is 35.7 Å². The topological polar surface area (TPSA) is 58.6 Å². The van der Waals surface area contributed by atoms with Crippen molar-refractivity contribution in [2.45, 2.75) is 10.9 Å². The Bertz CT molecular complexity index is 905. The average molecular weight is 433 g/mol. The third-order valence-corrected chi connectivity index (χ3v) is 6.30. The Labute approximate surface area is 168 Å². The number of nitrogens with zero attached hydrogens (tertiary/aromatic N) is 1. The SMILES string of the molecule is O=S(=O)(NCC(c1cccc(Cl)c1)N1CCOCC1)c1ccc(Cl)cc1F. The van der Waals surface area contributed by atoms with E-state index in [4.69, 9.17) is 27.9 Å². The molecule has 3 rings (SSSR count). The van der Waals surface area contributed by atoms with Gasteiger partial charge in [0.25, 0.3) is 0 Å². The number of hydrogen-bond acceptors (Lipinski definition) is 4. The van der Waals surface area contributed by atoms with Crippen LogP contribution in [0.4, 0.5) is 4.39 Å². The minimum atomic E-state index is -4.03. The highest BCUT2D eigenvalue weighted by Crippen LogP contribution is 2.25. The van der Waals surface area contributed by atoms with Crippen LogP contribution in [0.15, 0.2) is 47.4 Å². The van der Waals surface area contributed by atoms with Gasteiger partial charge in [-0.05, 0) is 35.9 Å². The van der Waals surface area contributed by atoms with E-state index in [0.29, 0.717) is 31.3 Å². The summed E-state index contributed by atoms with van der Waals surface area (Å²) >= 11 is 11.8. The zero-order valence-corrected chi connectivity index (χ0v) is 16.7. The molecule has 0 radical (unpaired) electrons. The summed E-state index contributed by atoms with van der Waals surface area (Å²) < 4.78 is 47.1. The van der Waals surface area contributed by atoms with Crippen LogP contribution in [0.2, 0.25) is 10.0 Å². The molecule has 0 amide bonds. The first-order chi connectivity index (χ1) is 12.9. The lowest BCUT2D eigenvalue weighted by Crippen LogP contribution is -2.43. The molecular weight excluding hydrogens is 414 g/mol. The van der Waals surface area contributed by atoms with E-state index in [1.54, 1.807) is 12.1 Å². The molecule has 1 saturated heterocycles. The third-order valence-electron chi connectivity index (χ3n) is 4.37. The second-order valence-corrected chi connectivity index (χ2v) is 8.75. The second kappa shape index (κ2) is 8.86. The van der Waals surface area contributed by atoms with Gasteiger partial charge in [0.1, 0.15) is 10.7 Å². The quantitative estimate of drug-likeness (QED) is 0.758. The van der Waals surface area contributed by atoms with Crippen LogP contribution >= 0.6 is 23.2 Å². The first kappa shape index (κ1) is 20.5. The molecule has 1 aliphatic heterocycles. The fourth-order valence-electron chi connectivity index (χ4n) is 3.02. The van der Waals surface area contributed by atoms with Crippen LogP contribution in [0.1, 0.15) is 11.6 Å². The molecular formula is C18H19Cl2FN2O3S. The number of hydrogen-bond donors (Lipinski definition) is 1. The number of benzene rings is 2. The summed E-state index contributed by atoms with van der Waals surface area (Å²) in [5.74, 6) is -0.888. The van der Waals surface area contributed by atoms with E-state index in [0.717, 1.165) is 17.7 Å². The number of morpholine rings is 1. The summed E-state index contributed by atoms with van der Waals surface area (Å²) in [6.45, 7) is 2.53. The molecule has 1 unspecified atom stereocenters. The summed E-state index contributed by atoms with van der Waals surface area (Å²) in [6.07, 6.45) is 0. The summed E-state index contributed by atoms with van der Waals surface area (Å²) in [4.78, 5) is 1.69. The standard InChI is InChI=1S/C18H19Cl2FN2O3S/c19-14-3-1-2-13(10-14)17(23-6-8-26-9-7-23)12-22-27(24,25)18-5-4-15(20)11-16(18)21/h1-5,10-11,17,22H,6-9,12H2. The van der Waals surface area contributed by atoms with E-state index in [9.17, 15) is 12.8 Å². The van der Waals surface area contributed by atoms with Gasteiger partial charge < -0.3 is 4.74 Å². The lowest BCUT2D eigenvalue weighted by Gasteiger charge is -2.35. The molecule has 9 heteroatoms. The highest BCUT2D eigenvalue weighted by Gasteiger charge is 2.26. The molecule has 0 saturated carbocycles. The fraction of sp³-hybridized carbons (Fsp3) is 0.333. The summed E-state index contributed by atoms with van der Waals surface area (Å²) in [7, 11) is -4.03. The molecule has 2 aromatic carbocycles. The first-order valence-electron chi connectivity index (χ1n) is 8.39. The van der Waals surface area contributed by atoms with Gasteiger partial charge in [0.15, 0.2) is 0 Å². The highest BCUT2D eigenvalue weighted by molar-refractivity contribution is 7.89. The molecule has 0 aliphatic carbocycles. The molecule has 0 bridgehead atoms. The highest BCUT2D eigenvalue weighted by atomic mass is 35.5. The maximum atomic E-state index is 14.1. The molecule has 1 aliphatic rings. The number of rotatable bonds is 6. The number of nitrogens with one attached hydrogen (secondary N) is 1. The lowest BCUT2D eigenvalue weighted by atomic mass is 10.1. The molecule has 1 N–H and O–H groups in total. The normalized spacial score (nSPS) is 17.0. The van der Waals surface area contributed by atoms with Gasteiger partial charge in [-0.15, -0.1) is 0 Å². The van der Waals surface area contributed by atoms with Crippen molar-refractivity contribution in [2.75, 3.05) is 32.8 Å². The van der Waals surface area contributed by atoms with E-state index in [-0.39, 0.29) is 17.6 Å². The van der Waals surface area contributed by atoms with Crippen molar-refractivity contribution in [1.82, 2.24) is 9.62 Å². The van der Waals surface area contributed by atoms with Crippen molar-refractivity contribution in [3.8, 4) is 0 Å². The number of sulfonamides is 1. The van der Waals surface area contributed by atoms with Crippen molar-refractivity contribution in [3.05, 3.63) is 63.9 Å². The van der Waals surface area contributed by atoms with E-state index in [2.05, 4.69) is 9.62 Å². The van der Waals surface area contributed by atoms with Crippen LogP contribution in [0, 0.1) is 5.82 Å². The minimum absolute atomic E-state index is 0.0741. The summed E-state index contributed by atoms with van der Waals surface area (Å²) in [6, 6.07) is 10.5. The monoisotopic (exact) mass is 432 g/mol. The Morgan fingerprint density at radius 2 is 1.81 bits per heavy atom. The van der Waals surface area contributed by atoms with Gasteiger partial charge >= 0.3 is 0 Å². The van der Waals surface area contributed by atoms with Crippen LogP contribution in [0.5, 0.6) is 0 Å². The van der Waals surface area contributed by atoms with Crippen molar-refractivity contribution < 1.29 is 17.5 Å². The Hall–Kier alpha value is -1.22. The molecule has 1 fully saturated rings. The Morgan fingerprint density at radius 1 is 1.11 bits per heavy atom. The molecule has 0 spiro atoms. The van der Waals surface area contributed by atoms with E-state index in [1.807, 2.05) is 12.1 Å². The molecule has 1 atom stereocenters. The average Bonchev–Trinajstić information content (AvgIpc) is 2.62. The predicted octanol–water partition coefficient (Wildman–Crippen LogP) is 3.48. The molecule has 27 heavy (non-hydrogen) atoms. The maximum Gasteiger partial charge on any atom is 0.243 e. The zero-order valence-electron chi connectivity index (χ0n) is 14.4. The lowest BCUT2D eigenvalue weighted by molar-refractivity contribution is 0.0172. The summed E-state index contributed by atoms with van der Waals surface area (Å²) in [5.41, 5.74) is 0.878. The van der Waals surface area contributed by atoms with Crippen molar-refractivity contribution in [2.24, 2.45) is 0 Å². The van der Waals surface area contributed by atoms with E-state index in [1.165, 1.54) is 6.07 Å². The number of ether oxygens (including phenoxy) is 1. The minimum Gasteiger partial charge on any atom is -0.379 e. The predicted molar refractivity (Wildman–Crippen MR) is 103 cm³/mol. The second-order valence-electron chi connectivity index (χ2n) is 6.15. The molecule has 1 heterocycles. The molecule has 5 nitrogen and oxygen atoms in total. The van der Waals surface area contributed by atoms with Crippen LogP contribution in [-0.2, 0) is 14.8 Å². The molecule has 0 aromatic heterocycles. The smallest absolute Gasteiger partial charge is 0.243 e. The Balaban J connectivity index is 1.83. The van der Waals surface area contributed by atoms with Gasteiger partial charge in [-0.1, -0.05) is 35.3 Å². The summed E-state index contributed by atoms with van der Waals surface area (Å²) in [5, 5.41) is 0.703. The maximum absolute atomic E-state index is 14.1.